The van der Waals surface area contributed by atoms with E-state index in [2.05, 4.69) is 8.37 Å². The molecule has 70 valence electrons. The first kappa shape index (κ1) is 8.54. The lowest BCUT2D eigenvalue weighted by atomic mass is 10.1. The van der Waals surface area contributed by atoms with Crippen molar-refractivity contribution < 1.29 is 27.5 Å². The minimum atomic E-state index is -1.87. The van der Waals surface area contributed by atoms with Crippen LogP contribution >= 0.6 is 0 Å². The molecule has 0 bridgehead atoms. The van der Waals surface area contributed by atoms with E-state index in [1.807, 2.05) is 0 Å². The summed E-state index contributed by atoms with van der Waals surface area (Å²) in [4.78, 5) is 0. The van der Waals surface area contributed by atoms with E-state index < -0.39 is 36.0 Å². The molecule has 5 atom stereocenters. The lowest BCUT2D eigenvalue weighted by molar-refractivity contribution is -0.207. The van der Waals surface area contributed by atoms with Gasteiger partial charge in [-0.1, -0.05) is 0 Å². The highest BCUT2D eigenvalue weighted by atomic mass is 32.2. The van der Waals surface area contributed by atoms with Crippen molar-refractivity contribution in [3.05, 3.63) is 0 Å². The minimum Gasteiger partial charge on any atom is -0.388 e. The highest BCUT2D eigenvalue weighted by Crippen LogP contribution is 2.26. The van der Waals surface area contributed by atoms with E-state index in [1.165, 1.54) is 0 Å². The van der Waals surface area contributed by atoms with Crippen LogP contribution in [0.4, 0.5) is 0 Å². The summed E-state index contributed by atoms with van der Waals surface area (Å²) in [6, 6.07) is 0. The number of aliphatic hydroxyl groups excluding tert-OH is 2. The van der Waals surface area contributed by atoms with Crippen molar-refractivity contribution in [3.63, 3.8) is 0 Å². The second-order valence-corrected chi connectivity index (χ2v) is 3.41. The number of rotatable bonds is 0. The van der Waals surface area contributed by atoms with Gasteiger partial charge in [0.2, 0.25) is 6.29 Å². The Morgan fingerprint density at radius 1 is 1.33 bits per heavy atom. The number of hydrogen-bond acceptors (Lipinski definition) is 6. The van der Waals surface area contributed by atoms with Crippen LogP contribution in [0.5, 0.6) is 0 Å². The second kappa shape index (κ2) is 3.02. The van der Waals surface area contributed by atoms with Crippen LogP contribution in [0.3, 0.4) is 0 Å². The molecule has 2 saturated heterocycles. The van der Waals surface area contributed by atoms with E-state index in [0.29, 0.717) is 0 Å². The molecule has 0 aromatic heterocycles. The molecule has 6 nitrogen and oxygen atoms in total. The summed E-state index contributed by atoms with van der Waals surface area (Å²) in [6.07, 6.45) is -3.79. The van der Waals surface area contributed by atoms with Gasteiger partial charge in [-0.3, -0.25) is 4.18 Å². The Kier molecular flexibility index (Phi) is 2.15. The molecule has 0 spiro atoms. The first-order chi connectivity index (χ1) is 5.68. The molecule has 2 fully saturated rings. The van der Waals surface area contributed by atoms with Gasteiger partial charge in [0.25, 0.3) is 0 Å². The molecule has 12 heavy (non-hydrogen) atoms. The molecule has 0 aliphatic carbocycles. The lowest BCUT2D eigenvalue weighted by Crippen LogP contribution is -2.51. The zero-order valence-corrected chi connectivity index (χ0v) is 6.77. The van der Waals surface area contributed by atoms with Crippen molar-refractivity contribution in [2.75, 3.05) is 6.61 Å². The van der Waals surface area contributed by atoms with Crippen molar-refractivity contribution in [3.8, 4) is 0 Å². The molecule has 5 unspecified atom stereocenters. The first-order valence-corrected chi connectivity index (χ1v) is 4.42. The van der Waals surface area contributed by atoms with Crippen molar-refractivity contribution in [1.29, 1.82) is 0 Å². The molecular formula is C5H8O6S. The summed E-state index contributed by atoms with van der Waals surface area (Å²) in [7, 11) is 0. The topological polar surface area (TPSA) is 85.2 Å². The smallest absolute Gasteiger partial charge is 0.307 e. The third-order valence-electron chi connectivity index (χ3n) is 1.79. The number of fused-ring (bicyclic) bond motifs is 1. The summed E-state index contributed by atoms with van der Waals surface area (Å²) >= 11 is -1.87. The maximum Gasteiger partial charge on any atom is 0.307 e. The molecule has 2 rings (SSSR count). The van der Waals surface area contributed by atoms with Gasteiger partial charge in [0.1, 0.15) is 12.2 Å². The van der Waals surface area contributed by atoms with Gasteiger partial charge >= 0.3 is 11.4 Å². The normalized spacial score (nSPS) is 53.7. The van der Waals surface area contributed by atoms with Gasteiger partial charge in [0.05, 0.1) is 6.61 Å². The van der Waals surface area contributed by atoms with Crippen LogP contribution in [-0.4, -0.2) is 45.6 Å². The van der Waals surface area contributed by atoms with Gasteiger partial charge in [-0.15, -0.1) is 0 Å². The van der Waals surface area contributed by atoms with Crippen LogP contribution in [0.2, 0.25) is 0 Å². The zero-order valence-electron chi connectivity index (χ0n) is 5.95. The quantitative estimate of drug-likeness (QED) is 0.469. The number of hydrogen-bond donors (Lipinski definition) is 2. The molecule has 7 heteroatoms. The Bertz CT molecular complexity index is 208. The van der Waals surface area contributed by atoms with E-state index >= 15 is 0 Å². The predicted molar refractivity (Wildman–Crippen MR) is 35.9 cm³/mol. The molecule has 2 aliphatic rings. The van der Waals surface area contributed by atoms with Gasteiger partial charge < -0.3 is 14.9 Å². The molecule has 2 heterocycles. The molecule has 0 amide bonds. The molecule has 2 N–H and O–H groups in total. The third-order valence-corrected chi connectivity index (χ3v) is 2.52. The van der Waals surface area contributed by atoms with Crippen LogP contribution in [-0.2, 0) is 24.5 Å². The van der Waals surface area contributed by atoms with E-state index in [9.17, 15) is 9.32 Å². The first-order valence-electron chi connectivity index (χ1n) is 3.42. The van der Waals surface area contributed by atoms with Crippen LogP contribution < -0.4 is 0 Å². The summed E-state index contributed by atoms with van der Waals surface area (Å²) < 4.78 is 24.9. The average Bonchev–Trinajstić information content (AvgIpc) is 2.39. The summed E-state index contributed by atoms with van der Waals surface area (Å²) in [6.45, 7) is -0.0388. The maximum absolute atomic E-state index is 10.7. The van der Waals surface area contributed by atoms with Crippen molar-refractivity contribution in [2.24, 2.45) is 0 Å². The third kappa shape index (κ3) is 1.28. The fraction of sp³-hybridized carbons (Fsp3) is 1.00. The summed E-state index contributed by atoms with van der Waals surface area (Å²) in [5.74, 6) is 0. The Morgan fingerprint density at radius 3 is 2.83 bits per heavy atom. The largest absolute Gasteiger partial charge is 0.388 e. The number of aliphatic hydroxyl groups is 2. The van der Waals surface area contributed by atoms with Crippen LogP contribution in [0.25, 0.3) is 0 Å². The van der Waals surface area contributed by atoms with Gasteiger partial charge in [-0.2, -0.15) is 4.21 Å². The Hall–Kier alpha value is -0.0500. The van der Waals surface area contributed by atoms with Crippen molar-refractivity contribution >= 4 is 11.4 Å². The van der Waals surface area contributed by atoms with E-state index in [-0.39, 0.29) is 6.61 Å². The fourth-order valence-electron chi connectivity index (χ4n) is 1.14. The maximum atomic E-state index is 10.7. The number of ether oxygens (including phenoxy) is 1. The zero-order chi connectivity index (χ0) is 8.72. The van der Waals surface area contributed by atoms with E-state index in [4.69, 9.17) is 9.84 Å². The van der Waals surface area contributed by atoms with Gasteiger partial charge in [-0.05, 0) is 0 Å². The Labute approximate surface area is 70.9 Å². The average molecular weight is 196 g/mol. The highest BCUT2D eigenvalue weighted by Gasteiger charge is 2.47. The van der Waals surface area contributed by atoms with Crippen LogP contribution in [0, 0.1) is 0 Å². The predicted octanol–water partition coefficient (Wildman–Crippen LogP) is -1.94. The minimum absolute atomic E-state index is 0.0388. The van der Waals surface area contributed by atoms with E-state index in [0.717, 1.165) is 0 Å². The molecule has 0 aromatic carbocycles. The molecule has 0 aromatic rings. The second-order valence-electron chi connectivity index (χ2n) is 2.62. The SMILES string of the molecule is O=S1OC2OCC(O)C(O)C2O1. The Morgan fingerprint density at radius 2 is 2.08 bits per heavy atom. The van der Waals surface area contributed by atoms with Gasteiger partial charge in [0.15, 0.2) is 6.10 Å². The molecule has 0 radical (unpaired) electrons. The van der Waals surface area contributed by atoms with Gasteiger partial charge in [0, 0.05) is 0 Å². The molecule has 2 aliphatic heterocycles. The fourth-order valence-corrected chi connectivity index (χ4v) is 1.89. The standard InChI is InChI=1S/C5H8O6S/c6-2-1-9-5-4(3(2)7)10-12(8)11-5/h2-7H,1H2. The Balaban J connectivity index is 2.11. The van der Waals surface area contributed by atoms with Gasteiger partial charge in [-0.25, -0.2) is 4.18 Å². The highest BCUT2D eigenvalue weighted by molar-refractivity contribution is 7.75. The van der Waals surface area contributed by atoms with Crippen LogP contribution in [0.15, 0.2) is 0 Å². The van der Waals surface area contributed by atoms with Crippen LogP contribution in [0.1, 0.15) is 0 Å². The van der Waals surface area contributed by atoms with Crippen molar-refractivity contribution in [1.82, 2.24) is 0 Å². The summed E-state index contributed by atoms with van der Waals surface area (Å²) in [5.41, 5.74) is 0. The summed E-state index contributed by atoms with van der Waals surface area (Å²) in [5, 5.41) is 18.4. The van der Waals surface area contributed by atoms with E-state index in [1.54, 1.807) is 0 Å². The van der Waals surface area contributed by atoms with Crippen molar-refractivity contribution in [2.45, 2.75) is 24.6 Å². The monoisotopic (exact) mass is 196 g/mol. The molecular weight excluding hydrogens is 188 g/mol. The lowest BCUT2D eigenvalue weighted by Gasteiger charge is -2.30. The molecule has 0 saturated carbocycles.